The quantitative estimate of drug-likeness (QED) is 0.465. The van der Waals surface area contributed by atoms with E-state index in [4.69, 9.17) is 0 Å². The fourth-order valence-electron chi connectivity index (χ4n) is 1.92. The highest BCUT2D eigenvalue weighted by Crippen LogP contribution is 2.46. The smallest absolute Gasteiger partial charge is 0.211 e. The predicted molar refractivity (Wildman–Crippen MR) is 57.7 cm³/mol. The van der Waals surface area contributed by atoms with Crippen LogP contribution in [0.4, 0.5) is 8.78 Å². The van der Waals surface area contributed by atoms with Crippen molar-refractivity contribution >= 4 is 22.0 Å². The number of halogens is 3. The molecule has 2 rings (SSSR count). The molecule has 0 atom stereocenters. The van der Waals surface area contributed by atoms with Gasteiger partial charge in [-0.25, -0.2) is 13.6 Å². The Labute approximate surface area is 99.5 Å². The van der Waals surface area contributed by atoms with Crippen LogP contribution in [0.15, 0.2) is 21.6 Å². The average molecular weight is 288 g/mol. The third-order valence-electron chi connectivity index (χ3n) is 2.95. The van der Waals surface area contributed by atoms with Crippen LogP contribution >= 0.6 is 15.9 Å². The van der Waals surface area contributed by atoms with Crippen LogP contribution in [0.5, 0.6) is 0 Å². The van der Waals surface area contributed by atoms with Gasteiger partial charge in [-0.15, -0.1) is 0 Å². The molecule has 1 aliphatic carbocycles. The average Bonchev–Trinajstić information content (AvgIpc) is 2.18. The van der Waals surface area contributed by atoms with Gasteiger partial charge >= 0.3 is 0 Å². The van der Waals surface area contributed by atoms with Crippen molar-refractivity contribution in [2.75, 3.05) is 0 Å². The molecule has 0 N–H and O–H groups in total. The number of hydrogen-bond acceptors (Lipinski definition) is 2. The molecule has 0 aliphatic heterocycles. The first-order valence-corrected chi connectivity index (χ1v) is 5.62. The topological polar surface area (TPSA) is 29.4 Å². The molecular weight excluding hydrogens is 280 g/mol. The Morgan fingerprint density at radius 1 is 1.31 bits per heavy atom. The van der Waals surface area contributed by atoms with E-state index in [1.54, 1.807) is 0 Å². The molecule has 2 nitrogen and oxygen atoms in total. The van der Waals surface area contributed by atoms with Crippen LogP contribution in [0.3, 0.4) is 0 Å². The van der Waals surface area contributed by atoms with Crippen molar-refractivity contribution < 1.29 is 13.6 Å². The van der Waals surface area contributed by atoms with Crippen molar-refractivity contribution in [3.8, 4) is 0 Å². The zero-order valence-corrected chi connectivity index (χ0v) is 9.85. The van der Waals surface area contributed by atoms with Gasteiger partial charge in [-0.1, -0.05) is 0 Å². The van der Waals surface area contributed by atoms with Crippen molar-refractivity contribution in [2.45, 2.75) is 24.8 Å². The van der Waals surface area contributed by atoms with Crippen LogP contribution in [0, 0.1) is 11.6 Å². The summed E-state index contributed by atoms with van der Waals surface area (Å²) in [5.74, 6) is -1.33. The van der Waals surface area contributed by atoms with Crippen LogP contribution in [0.1, 0.15) is 24.8 Å². The molecule has 0 amide bonds. The highest BCUT2D eigenvalue weighted by molar-refractivity contribution is 9.10. The molecule has 1 aromatic carbocycles. The Kier molecular flexibility index (Phi) is 2.91. The van der Waals surface area contributed by atoms with Crippen molar-refractivity contribution in [3.05, 3.63) is 33.8 Å². The van der Waals surface area contributed by atoms with Crippen LogP contribution < -0.4 is 0 Å². The van der Waals surface area contributed by atoms with E-state index in [1.807, 2.05) is 0 Å². The number of nitrogens with zero attached hydrogens (tertiary/aromatic N) is 1. The molecule has 0 aromatic heterocycles. The normalized spacial score (nSPS) is 17.4. The van der Waals surface area contributed by atoms with E-state index in [0.29, 0.717) is 12.8 Å². The number of aliphatic imine (C=N–C) groups is 1. The lowest BCUT2D eigenvalue weighted by Gasteiger charge is -2.37. The summed E-state index contributed by atoms with van der Waals surface area (Å²) in [7, 11) is 0. The number of benzene rings is 1. The summed E-state index contributed by atoms with van der Waals surface area (Å²) in [5, 5.41) is 0. The molecule has 1 aromatic rings. The van der Waals surface area contributed by atoms with Crippen LogP contribution in [-0.2, 0) is 10.3 Å². The van der Waals surface area contributed by atoms with Gasteiger partial charge in [0.1, 0.15) is 17.2 Å². The molecule has 0 unspecified atom stereocenters. The van der Waals surface area contributed by atoms with E-state index in [9.17, 15) is 13.6 Å². The van der Waals surface area contributed by atoms with Gasteiger partial charge in [0.2, 0.25) is 6.08 Å². The molecule has 16 heavy (non-hydrogen) atoms. The molecular formula is C11H8BrF2NO. The summed E-state index contributed by atoms with van der Waals surface area (Å²) in [6.07, 6.45) is 3.53. The largest absolute Gasteiger partial charge is 0.235 e. The summed E-state index contributed by atoms with van der Waals surface area (Å²) < 4.78 is 26.9. The van der Waals surface area contributed by atoms with Gasteiger partial charge in [0.15, 0.2) is 0 Å². The molecule has 1 aliphatic rings. The van der Waals surface area contributed by atoms with E-state index in [0.717, 1.165) is 12.5 Å². The second-order valence-electron chi connectivity index (χ2n) is 3.83. The highest BCUT2D eigenvalue weighted by atomic mass is 79.9. The summed E-state index contributed by atoms with van der Waals surface area (Å²) in [4.78, 5) is 14.0. The minimum Gasteiger partial charge on any atom is -0.211 e. The van der Waals surface area contributed by atoms with Gasteiger partial charge < -0.3 is 0 Å². The second kappa shape index (κ2) is 4.07. The van der Waals surface area contributed by atoms with Gasteiger partial charge in [-0.3, -0.25) is 0 Å². The SMILES string of the molecule is O=C=NC1(c2cc(Br)c(F)cc2F)CCC1. The number of isocyanates is 1. The standard InChI is InChI=1S/C11H8BrF2NO/c12-8-4-7(9(13)5-10(8)14)11(15-6-16)2-1-3-11/h4-5H,1-3H2. The van der Waals surface area contributed by atoms with E-state index >= 15 is 0 Å². The first-order valence-electron chi connectivity index (χ1n) is 4.83. The molecule has 0 spiro atoms. The van der Waals surface area contributed by atoms with Crippen LogP contribution in [0.2, 0.25) is 0 Å². The number of hydrogen-bond donors (Lipinski definition) is 0. The molecule has 1 saturated carbocycles. The molecule has 0 saturated heterocycles. The van der Waals surface area contributed by atoms with Crippen molar-refractivity contribution in [3.63, 3.8) is 0 Å². The predicted octanol–water partition coefficient (Wildman–Crippen LogP) is 3.44. The lowest BCUT2D eigenvalue weighted by atomic mass is 9.72. The van der Waals surface area contributed by atoms with Gasteiger partial charge in [-0.05, 0) is 41.3 Å². The van der Waals surface area contributed by atoms with Gasteiger partial charge in [0.05, 0.1) is 4.47 Å². The Balaban J connectivity index is 2.54. The van der Waals surface area contributed by atoms with E-state index in [-0.39, 0.29) is 10.0 Å². The highest BCUT2D eigenvalue weighted by Gasteiger charge is 2.41. The Hall–Kier alpha value is -1.06. The lowest BCUT2D eigenvalue weighted by molar-refractivity contribution is 0.247. The third-order valence-corrected chi connectivity index (χ3v) is 3.56. The van der Waals surface area contributed by atoms with Crippen LogP contribution in [-0.4, -0.2) is 6.08 Å². The maximum absolute atomic E-state index is 13.6. The van der Waals surface area contributed by atoms with Crippen molar-refractivity contribution in [1.29, 1.82) is 0 Å². The molecule has 5 heteroatoms. The lowest BCUT2D eigenvalue weighted by Crippen LogP contribution is -2.33. The van der Waals surface area contributed by atoms with Crippen molar-refractivity contribution in [1.82, 2.24) is 0 Å². The molecule has 84 valence electrons. The van der Waals surface area contributed by atoms with Crippen molar-refractivity contribution in [2.24, 2.45) is 4.99 Å². The summed E-state index contributed by atoms with van der Waals surface area (Å²) in [6.45, 7) is 0. The minimum atomic E-state index is -0.831. The molecule has 0 radical (unpaired) electrons. The zero-order valence-electron chi connectivity index (χ0n) is 8.27. The van der Waals surface area contributed by atoms with Gasteiger partial charge in [0, 0.05) is 11.6 Å². The number of rotatable bonds is 2. The Bertz CT molecular complexity index is 479. The molecule has 0 heterocycles. The fourth-order valence-corrected chi connectivity index (χ4v) is 2.26. The van der Waals surface area contributed by atoms with Crippen LogP contribution in [0.25, 0.3) is 0 Å². The van der Waals surface area contributed by atoms with E-state index in [1.165, 1.54) is 12.1 Å². The first-order chi connectivity index (χ1) is 7.59. The number of carbonyl (C=O) groups excluding carboxylic acids is 1. The Morgan fingerprint density at radius 2 is 2.00 bits per heavy atom. The van der Waals surface area contributed by atoms with Gasteiger partial charge in [-0.2, -0.15) is 4.99 Å². The zero-order chi connectivity index (χ0) is 11.8. The third kappa shape index (κ3) is 1.70. The maximum Gasteiger partial charge on any atom is 0.235 e. The molecule has 0 bridgehead atoms. The summed E-state index contributed by atoms with van der Waals surface area (Å²) in [5.41, 5.74) is -0.572. The fraction of sp³-hybridized carbons (Fsp3) is 0.364. The maximum atomic E-state index is 13.6. The minimum absolute atomic E-state index is 0.177. The summed E-state index contributed by atoms with van der Waals surface area (Å²) in [6, 6.07) is 2.16. The van der Waals surface area contributed by atoms with E-state index < -0.39 is 17.2 Å². The first kappa shape index (κ1) is 11.4. The monoisotopic (exact) mass is 287 g/mol. The second-order valence-corrected chi connectivity index (χ2v) is 4.69. The Morgan fingerprint density at radius 3 is 2.50 bits per heavy atom. The summed E-state index contributed by atoms with van der Waals surface area (Å²) >= 11 is 3.00. The van der Waals surface area contributed by atoms with Gasteiger partial charge in [0.25, 0.3) is 0 Å². The molecule has 1 fully saturated rings. The van der Waals surface area contributed by atoms with E-state index in [2.05, 4.69) is 20.9 Å².